The van der Waals surface area contributed by atoms with Gasteiger partial charge in [-0.15, -0.1) is 0 Å². The quantitative estimate of drug-likeness (QED) is 0.730. The molecule has 6 atom stereocenters. The maximum atomic E-state index is 6.34. The van der Waals surface area contributed by atoms with Crippen molar-refractivity contribution in [3.05, 3.63) is 0 Å². The molecule has 4 rings (SSSR count). The zero-order chi connectivity index (χ0) is 11.6. The van der Waals surface area contributed by atoms with Gasteiger partial charge < -0.3 is 4.74 Å². The minimum Gasteiger partial charge on any atom is -0.374 e. The molecule has 2 nitrogen and oxygen atoms in total. The smallest absolute Gasteiger partial charge is 0.0655 e. The molecule has 4 aliphatic rings. The molecule has 0 aromatic rings. The van der Waals surface area contributed by atoms with Crippen LogP contribution in [0.3, 0.4) is 0 Å². The summed E-state index contributed by atoms with van der Waals surface area (Å²) in [5, 5.41) is 0. The van der Waals surface area contributed by atoms with Crippen LogP contribution in [-0.2, 0) is 4.74 Å². The summed E-state index contributed by atoms with van der Waals surface area (Å²) in [6.45, 7) is 5.99. The number of nitrogens with zero attached hydrogens (tertiary/aromatic N) is 1. The maximum Gasteiger partial charge on any atom is 0.0655 e. The van der Waals surface area contributed by atoms with E-state index in [9.17, 15) is 0 Å². The first-order chi connectivity index (χ1) is 8.32. The molecule has 1 aliphatic carbocycles. The van der Waals surface area contributed by atoms with Crippen molar-refractivity contribution in [1.29, 1.82) is 0 Å². The van der Waals surface area contributed by atoms with Crippen molar-refractivity contribution in [1.82, 2.24) is 4.90 Å². The van der Waals surface area contributed by atoms with Crippen molar-refractivity contribution in [3.63, 3.8) is 0 Å². The van der Waals surface area contributed by atoms with Gasteiger partial charge in [0.15, 0.2) is 0 Å². The molecular weight excluding hydrogens is 210 g/mol. The lowest BCUT2D eigenvalue weighted by Gasteiger charge is -2.37. The number of likely N-dealkylation sites (tertiary alicyclic amines) is 1. The van der Waals surface area contributed by atoms with Crippen molar-refractivity contribution in [2.75, 3.05) is 6.54 Å². The highest BCUT2D eigenvalue weighted by molar-refractivity contribution is 5.21. The SMILES string of the molecule is CCC1C2C3CCC(O3)C23CCCC3N1CC. The number of hydrogen-bond acceptors (Lipinski definition) is 2. The zero-order valence-electron chi connectivity index (χ0n) is 11.2. The van der Waals surface area contributed by atoms with Crippen LogP contribution in [-0.4, -0.2) is 35.7 Å². The van der Waals surface area contributed by atoms with Crippen molar-refractivity contribution < 1.29 is 4.74 Å². The van der Waals surface area contributed by atoms with Gasteiger partial charge in [0.2, 0.25) is 0 Å². The third-order valence-corrected chi connectivity index (χ3v) is 6.41. The van der Waals surface area contributed by atoms with E-state index in [2.05, 4.69) is 18.7 Å². The lowest BCUT2D eigenvalue weighted by molar-refractivity contribution is 0.0247. The molecule has 0 aromatic heterocycles. The van der Waals surface area contributed by atoms with Crippen LogP contribution >= 0.6 is 0 Å². The second-order valence-corrected chi connectivity index (χ2v) is 6.59. The molecule has 17 heavy (non-hydrogen) atoms. The van der Waals surface area contributed by atoms with E-state index in [0.717, 1.165) is 18.0 Å². The van der Waals surface area contributed by atoms with Gasteiger partial charge in [-0.05, 0) is 38.6 Å². The summed E-state index contributed by atoms with van der Waals surface area (Å²) in [4.78, 5) is 2.85. The summed E-state index contributed by atoms with van der Waals surface area (Å²) in [5.74, 6) is 0.874. The Morgan fingerprint density at radius 1 is 1.24 bits per heavy atom. The fourth-order valence-corrected chi connectivity index (χ4v) is 6.15. The predicted molar refractivity (Wildman–Crippen MR) is 67.9 cm³/mol. The van der Waals surface area contributed by atoms with Gasteiger partial charge in [0, 0.05) is 23.4 Å². The Balaban J connectivity index is 1.80. The van der Waals surface area contributed by atoms with E-state index < -0.39 is 0 Å². The van der Waals surface area contributed by atoms with Crippen molar-refractivity contribution in [3.8, 4) is 0 Å². The summed E-state index contributed by atoms with van der Waals surface area (Å²) in [6, 6.07) is 1.68. The first-order valence-electron chi connectivity index (χ1n) is 7.74. The number of fused-ring (bicyclic) bond motifs is 3. The average Bonchev–Trinajstić information content (AvgIpc) is 3.04. The molecule has 0 aromatic carbocycles. The lowest BCUT2D eigenvalue weighted by Crippen LogP contribution is -2.43. The van der Waals surface area contributed by atoms with Crippen molar-refractivity contribution in [2.45, 2.75) is 76.7 Å². The summed E-state index contributed by atoms with van der Waals surface area (Å²) in [7, 11) is 0. The molecule has 0 radical (unpaired) electrons. The van der Waals surface area contributed by atoms with E-state index in [1.54, 1.807) is 0 Å². The molecule has 2 heteroatoms. The van der Waals surface area contributed by atoms with E-state index in [4.69, 9.17) is 4.74 Å². The number of ether oxygens (including phenoxy) is 1. The van der Waals surface area contributed by atoms with Gasteiger partial charge in [-0.2, -0.15) is 0 Å². The summed E-state index contributed by atoms with van der Waals surface area (Å²) < 4.78 is 6.34. The van der Waals surface area contributed by atoms with Gasteiger partial charge in [-0.3, -0.25) is 4.90 Å². The van der Waals surface area contributed by atoms with Crippen LogP contribution < -0.4 is 0 Å². The van der Waals surface area contributed by atoms with E-state index >= 15 is 0 Å². The van der Waals surface area contributed by atoms with Crippen LogP contribution in [0.25, 0.3) is 0 Å². The van der Waals surface area contributed by atoms with Crippen molar-refractivity contribution in [2.24, 2.45) is 11.3 Å². The first-order valence-corrected chi connectivity index (χ1v) is 7.74. The topological polar surface area (TPSA) is 12.5 Å². The standard InChI is InChI=1S/C15H25NO/c1-3-10-14-11-7-8-13(17-11)15(14)9-5-6-12(15)16(10)4-2/h10-14H,3-9H2,1-2H3. The molecule has 1 saturated carbocycles. The molecule has 3 heterocycles. The molecular formula is C15H25NO. The average molecular weight is 235 g/mol. The van der Waals surface area contributed by atoms with E-state index in [-0.39, 0.29) is 0 Å². The third-order valence-electron chi connectivity index (χ3n) is 6.41. The molecule has 96 valence electrons. The van der Waals surface area contributed by atoms with Gasteiger partial charge in [0.25, 0.3) is 0 Å². The van der Waals surface area contributed by atoms with Crippen LogP contribution in [0.15, 0.2) is 0 Å². The van der Waals surface area contributed by atoms with Crippen molar-refractivity contribution >= 4 is 0 Å². The van der Waals surface area contributed by atoms with Crippen LogP contribution in [0.4, 0.5) is 0 Å². The highest BCUT2D eigenvalue weighted by Crippen LogP contribution is 2.66. The lowest BCUT2D eigenvalue weighted by atomic mass is 9.64. The molecule has 1 spiro atoms. The fourth-order valence-electron chi connectivity index (χ4n) is 6.15. The van der Waals surface area contributed by atoms with Gasteiger partial charge in [-0.1, -0.05) is 20.3 Å². The summed E-state index contributed by atoms with van der Waals surface area (Å²) in [6.07, 6.45) is 9.59. The van der Waals surface area contributed by atoms with Gasteiger partial charge >= 0.3 is 0 Å². The molecule has 0 amide bonds. The van der Waals surface area contributed by atoms with Crippen LogP contribution in [0.2, 0.25) is 0 Å². The molecule has 3 aliphatic heterocycles. The second-order valence-electron chi connectivity index (χ2n) is 6.59. The predicted octanol–water partition coefficient (Wildman–Crippen LogP) is 2.82. The van der Waals surface area contributed by atoms with E-state index in [1.807, 2.05) is 0 Å². The highest BCUT2D eigenvalue weighted by Gasteiger charge is 2.71. The Morgan fingerprint density at radius 3 is 2.88 bits per heavy atom. The fraction of sp³-hybridized carbons (Fsp3) is 1.00. The zero-order valence-corrected chi connectivity index (χ0v) is 11.2. The Hall–Kier alpha value is -0.0800. The largest absolute Gasteiger partial charge is 0.374 e. The summed E-state index contributed by atoms with van der Waals surface area (Å²) >= 11 is 0. The Bertz CT molecular complexity index is 331. The molecule has 2 bridgehead atoms. The second kappa shape index (κ2) is 3.48. The Labute approximate surface area is 105 Å². The van der Waals surface area contributed by atoms with E-state index in [0.29, 0.717) is 17.6 Å². The minimum atomic E-state index is 0.583. The highest BCUT2D eigenvalue weighted by atomic mass is 16.5. The third kappa shape index (κ3) is 1.06. The Kier molecular flexibility index (Phi) is 2.21. The van der Waals surface area contributed by atoms with Gasteiger partial charge in [-0.25, -0.2) is 0 Å². The molecule has 4 fully saturated rings. The van der Waals surface area contributed by atoms with Crippen LogP contribution in [0.1, 0.15) is 52.4 Å². The number of rotatable bonds is 2. The molecule has 3 saturated heterocycles. The molecule has 0 N–H and O–H groups in total. The van der Waals surface area contributed by atoms with Gasteiger partial charge in [0.05, 0.1) is 12.2 Å². The van der Waals surface area contributed by atoms with Crippen LogP contribution in [0.5, 0.6) is 0 Å². The van der Waals surface area contributed by atoms with Gasteiger partial charge in [0.1, 0.15) is 0 Å². The molecule has 6 unspecified atom stereocenters. The normalized spacial score (nSPS) is 56.5. The minimum absolute atomic E-state index is 0.583. The monoisotopic (exact) mass is 235 g/mol. The van der Waals surface area contributed by atoms with E-state index in [1.165, 1.54) is 45.1 Å². The Morgan fingerprint density at radius 2 is 2.12 bits per heavy atom. The summed E-state index contributed by atoms with van der Waals surface area (Å²) in [5.41, 5.74) is 0.583. The van der Waals surface area contributed by atoms with Crippen LogP contribution in [0, 0.1) is 11.3 Å². The maximum absolute atomic E-state index is 6.34. The number of hydrogen-bond donors (Lipinski definition) is 0. The first kappa shape index (κ1) is 10.8.